The summed E-state index contributed by atoms with van der Waals surface area (Å²) in [6.07, 6.45) is 11.0. The second-order valence-corrected chi connectivity index (χ2v) is 9.34. The summed E-state index contributed by atoms with van der Waals surface area (Å²) >= 11 is 0. The molecule has 1 N–H and O–H groups in total. The molecule has 0 amide bonds. The predicted molar refractivity (Wildman–Crippen MR) is 129 cm³/mol. The second kappa shape index (κ2) is 7.39. The Morgan fingerprint density at radius 3 is 2.52 bits per heavy atom. The minimum atomic E-state index is -0.702. The topological polar surface area (TPSA) is 23.5 Å². The summed E-state index contributed by atoms with van der Waals surface area (Å²) in [5, 5.41) is 13.9. The molecule has 1 heterocycles. The molecule has 1 saturated heterocycles. The summed E-state index contributed by atoms with van der Waals surface area (Å²) in [5.41, 5.74) is 7.71. The number of allylic oxidation sites excluding steroid dienone is 4. The summed E-state index contributed by atoms with van der Waals surface area (Å²) in [4.78, 5) is 2.43. The van der Waals surface area contributed by atoms with Crippen LogP contribution in [0.25, 0.3) is 16.3 Å². The molecule has 0 aromatic heterocycles. The SMILES string of the molecule is OC1(c2ccccc2)CCN(c2ccc3c4c(ccc3c2)C2=C(CCC=C2)CC4)CC1. The number of fused-ring (bicyclic) bond motifs is 4. The van der Waals surface area contributed by atoms with Crippen LogP contribution in [0.2, 0.25) is 0 Å². The molecule has 1 fully saturated rings. The van der Waals surface area contributed by atoms with Crippen molar-refractivity contribution >= 4 is 22.0 Å². The quantitative estimate of drug-likeness (QED) is 0.533. The van der Waals surface area contributed by atoms with Crippen molar-refractivity contribution in [3.63, 3.8) is 0 Å². The number of nitrogens with zero attached hydrogens (tertiary/aromatic N) is 1. The highest BCUT2D eigenvalue weighted by molar-refractivity contribution is 5.95. The Bertz CT molecular complexity index is 1200. The third-order valence-corrected chi connectivity index (χ3v) is 7.63. The summed E-state index contributed by atoms with van der Waals surface area (Å²) in [6.45, 7) is 1.76. The molecule has 31 heavy (non-hydrogen) atoms. The number of benzene rings is 3. The maximum atomic E-state index is 11.2. The van der Waals surface area contributed by atoms with Crippen molar-refractivity contribution in [2.45, 2.75) is 44.1 Å². The molecule has 0 radical (unpaired) electrons. The Labute approximate surface area is 184 Å². The van der Waals surface area contributed by atoms with Gasteiger partial charge in [0.25, 0.3) is 0 Å². The van der Waals surface area contributed by atoms with E-state index in [9.17, 15) is 5.11 Å². The van der Waals surface area contributed by atoms with Gasteiger partial charge in [0.2, 0.25) is 0 Å². The van der Waals surface area contributed by atoms with Gasteiger partial charge in [-0.05, 0) is 83.7 Å². The lowest BCUT2D eigenvalue weighted by atomic mass is 9.79. The number of anilines is 1. The largest absolute Gasteiger partial charge is 0.385 e. The highest BCUT2D eigenvalue weighted by Gasteiger charge is 2.34. The molecule has 3 aromatic carbocycles. The van der Waals surface area contributed by atoms with Crippen LogP contribution in [-0.2, 0) is 12.0 Å². The van der Waals surface area contributed by atoms with Crippen molar-refractivity contribution in [1.82, 2.24) is 0 Å². The minimum Gasteiger partial charge on any atom is -0.385 e. The molecule has 6 rings (SSSR count). The smallest absolute Gasteiger partial charge is 0.0930 e. The first-order valence-corrected chi connectivity index (χ1v) is 11.7. The first kappa shape index (κ1) is 18.9. The van der Waals surface area contributed by atoms with Crippen molar-refractivity contribution in [2.24, 2.45) is 0 Å². The molecule has 3 aromatic rings. The van der Waals surface area contributed by atoms with Crippen molar-refractivity contribution < 1.29 is 5.11 Å². The zero-order valence-electron chi connectivity index (χ0n) is 18.0. The molecule has 0 unspecified atom stereocenters. The number of aliphatic hydroxyl groups is 1. The van der Waals surface area contributed by atoms with Gasteiger partial charge in [0.1, 0.15) is 0 Å². The van der Waals surface area contributed by atoms with Crippen LogP contribution < -0.4 is 4.90 Å². The van der Waals surface area contributed by atoms with Gasteiger partial charge in [0.15, 0.2) is 0 Å². The third-order valence-electron chi connectivity index (χ3n) is 7.63. The molecular weight excluding hydrogens is 378 g/mol. The van der Waals surface area contributed by atoms with Gasteiger partial charge >= 0.3 is 0 Å². The van der Waals surface area contributed by atoms with Crippen molar-refractivity contribution in [3.8, 4) is 0 Å². The maximum absolute atomic E-state index is 11.2. The van der Waals surface area contributed by atoms with Crippen molar-refractivity contribution in [3.05, 3.63) is 95.1 Å². The van der Waals surface area contributed by atoms with Gasteiger partial charge in [-0.1, -0.05) is 66.3 Å². The maximum Gasteiger partial charge on any atom is 0.0930 e. The third kappa shape index (κ3) is 3.21. The lowest BCUT2D eigenvalue weighted by Crippen LogP contribution is -2.42. The molecule has 0 spiro atoms. The van der Waals surface area contributed by atoms with Crippen molar-refractivity contribution in [1.29, 1.82) is 0 Å². The average Bonchev–Trinajstić information content (AvgIpc) is 2.84. The normalized spacial score (nSPS) is 20.0. The van der Waals surface area contributed by atoms with Crippen LogP contribution in [0.15, 0.2) is 78.4 Å². The van der Waals surface area contributed by atoms with Crippen LogP contribution in [0.5, 0.6) is 0 Å². The molecule has 1 aliphatic heterocycles. The fourth-order valence-electron chi connectivity index (χ4n) is 5.80. The Hall–Kier alpha value is -2.84. The standard InChI is InChI=1S/C29H29NO/c31-29(23-7-2-1-3-8-23)16-18-30(19-17-29)24-12-15-26-22(20-24)11-14-27-25-9-5-4-6-21(25)10-13-28(26)27/h1-3,5,7-9,11-12,14-15,20,31H,4,6,10,13,16-19H2. The molecule has 0 saturated carbocycles. The number of hydrogen-bond acceptors (Lipinski definition) is 2. The predicted octanol–water partition coefficient (Wildman–Crippen LogP) is 6.38. The Kier molecular flexibility index (Phi) is 4.50. The molecule has 2 nitrogen and oxygen atoms in total. The number of hydrogen-bond donors (Lipinski definition) is 1. The first-order chi connectivity index (χ1) is 15.2. The first-order valence-electron chi connectivity index (χ1n) is 11.7. The van der Waals surface area contributed by atoms with Gasteiger partial charge in [0.05, 0.1) is 5.60 Å². The molecule has 0 atom stereocenters. The van der Waals surface area contributed by atoms with E-state index in [1.54, 1.807) is 5.57 Å². The van der Waals surface area contributed by atoms with Crippen LogP contribution in [0, 0.1) is 0 Å². The number of aryl methyl sites for hydroxylation is 1. The Morgan fingerprint density at radius 2 is 1.68 bits per heavy atom. The zero-order chi connectivity index (χ0) is 20.8. The van der Waals surface area contributed by atoms with Crippen LogP contribution >= 0.6 is 0 Å². The zero-order valence-corrected chi connectivity index (χ0v) is 18.0. The van der Waals surface area contributed by atoms with Crippen LogP contribution in [0.1, 0.15) is 48.8 Å². The van der Waals surface area contributed by atoms with E-state index in [2.05, 4.69) is 59.5 Å². The lowest BCUT2D eigenvalue weighted by molar-refractivity contribution is 0.0118. The molecule has 2 aliphatic carbocycles. The van der Waals surface area contributed by atoms with Crippen molar-refractivity contribution in [2.75, 3.05) is 18.0 Å². The Morgan fingerprint density at radius 1 is 0.839 bits per heavy atom. The minimum absolute atomic E-state index is 0.702. The molecule has 2 heteroatoms. The summed E-state index contributed by atoms with van der Waals surface area (Å²) in [5.74, 6) is 0. The van der Waals surface area contributed by atoms with Gasteiger partial charge in [-0.25, -0.2) is 0 Å². The van der Waals surface area contributed by atoms with E-state index >= 15 is 0 Å². The summed E-state index contributed by atoms with van der Waals surface area (Å²) in [7, 11) is 0. The van der Waals surface area contributed by atoms with E-state index < -0.39 is 5.60 Å². The summed E-state index contributed by atoms with van der Waals surface area (Å²) < 4.78 is 0. The Balaban J connectivity index is 1.28. The van der Waals surface area contributed by atoms with E-state index in [4.69, 9.17) is 0 Å². The molecule has 3 aliphatic rings. The van der Waals surface area contributed by atoms with E-state index in [-0.39, 0.29) is 0 Å². The van der Waals surface area contributed by atoms with Gasteiger partial charge < -0.3 is 10.0 Å². The summed E-state index contributed by atoms with van der Waals surface area (Å²) in [6, 6.07) is 21.8. The monoisotopic (exact) mass is 407 g/mol. The molecular formula is C29H29NO. The van der Waals surface area contributed by atoms with Crippen LogP contribution in [-0.4, -0.2) is 18.2 Å². The van der Waals surface area contributed by atoms with E-state index in [0.717, 1.165) is 37.9 Å². The van der Waals surface area contributed by atoms with Gasteiger partial charge in [-0.3, -0.25) is 0 Å². The highest BCUT2D eigenvalue weighted by atomic mass is 16.3. The lowest BCUT2D eigenvalue weighted by Gasteiger charge is -2.39. The van der Waals surface area contributed by atoms with Crippen LogP contribution in [0.4, 0.5) is 5.69 Å². The average molecular weight is 408 g/mol. The van der Waals surface area contributed by atoms with Gasteiger partial charge in [-0.15, -0.1) is 0 Å². The molecule has 156 valence electrons. The van der Waals surface area contributed by atoms with E-state index in [1.807, 2.05) is 18.2 Å². The van der Waals surface area contributed by atoms with Gasteiger partial charge in [0, 0.05) is 18.8 Å². The molecule has 0 bridgehead atoms. The highest BCUT2D eigenvalue weighted by Crippen LogP contribution is 2.41. The second-order valence-electron chi connectivity index (χ2n) is 9.34. The van der Waals surface area contributed by atoms with Gasteiger partial charge in [-0.2, -0.15) is 0 Å². The number of piperidine rings is 1. The van der Waals surface area contributed by atoms with E-state index in [0.29, 0.717) is 0 Å². The fraction of sp³-hybridized carbons (Fsp3) is 0.310. The van der Waals surface area contributed by atoms with Crippen LogP contribution in [0.3, 0.4) is 0 Å². The number of rotatable bonds is 2. The fourth-order valence-corrected chi connectivity index (χ4v) is 5.80. The van der Waals surface area contributed by atoms with E-state index in [1.165, 1.54) is 52.4 Å².